The number of hydrogen-bond donors (Lipinski definition) is 2. The highest BCUT2D eigenvalue weighted by Gasteiger charge is 2.23. The predicted octanol–water partition coefficient (Wildman–Crippen LogP) is 3.04. The Morgan fingerprint density at radius 1 is 1.04 bits per heavy atom. The molecule has 0 bridgehead atoms. The summed E-state index contributed by atoms with van der Waals surface area (Å²) in [6, 6.07) is 12.3. The van der Waals surface area contributed by atoms with E-state index in [2.05, 4.69) is 10.6 Å². The minimum Gasteiger partial charge on any atom is -0.495 e. The number of carbonyl (C=O) groups excluding carboxylic acids is 3. The molecular formula is C20H21ClN2O5. The second-order valence-corrected chi connectivity index (χ2v) is 6.39. The van der Waals surface area contributed by atoms with Crippen molar-refractivity contribution in [2.24, 2.45) is 0 Å². The van der Waals surface area contributed by atoms with Crippen LogP contribution in [0.1, 0.15) is 24.2 Å². The van der Waals surface area contributed by atoms with E-state index in [9.17, 15) is 14.4 Å². The van der Waals surface area contributed by atoms with Gasteiger partial charge in [0.05, 0.1) is 12.1 Å². The van der Waals surface area contributed by atoms with Gasteiger partial charge in [-0.1, -0.05) is 29.8 Å². The van der Waals surface area contributed by atoms with E-state index in [1.54, 1.807) is 42.5 Å². The molecular weight excluding hydrogens is 384 g/mol. The first-order valence-electron chi connectivity index (χ1n) is 8.52. The molecule has 2 atom stereocenters. The fourth-order valence-corrected chi connectivity index (χ4v) is 2.50. The molecule has 2 aromatic rings. The maximum Gasteiger partial charge on any atom is 0.329 e. The quantitative estimate of drug-likeness (QED) is 0.692. The molecule has 0 fully saturated rings. The lowest BCUT2D eigenvalue weighted by Crippen LogP contribution is -2.42. The number of methoxy groups -OCH3 is 1. The van der Waals surface area contributed by atoms with Gasteiger partial charge < -0.3 is 20.1 Å². The van der Waals surface area contributed by atoms with E-state index < -0.39 is 29.9 Å². The van der Waals surface area contributed by atoms with E-state index in [1.807, 2.05) is 0 Å². The third-order valence-corrected chi connectivity index (χ3v) is 4.11. The zero-order chi connectivity index (χ0) is 20.7. The first-order valence-corrected chi connectivity index (χ1v) is 8.90. The normalized spacial score (nSPS) is 12.4. The number of amides is 2. The molecule has 0 spiro atoms. The van der Waals surface area contributed by atoms with Crippen molar-refractivity contribution in [1.29, 1.82) is 0 Å². The van der Waals surface area contributed by atoms with E-state index in [4.69, 9.17) is 21.1 Å². The predicted molar refractivity (Wildman–Crippen MR) is 106 cm³/mol. The first kappa shape index (κ1) is 21.2. The van der Waals surface area contributed by atoms with Crippen molar-refractivity contribution in [2.75, 3.05) is 12.4 Å². The minimum absolute atomic E-state index is 0.335. The summed E-state index contributed by atoms with van der Waals surface area (Å²) in [6.07, 6.45) is -1.07. The van der Waals surface area contributed by atoms with Crippen LogP contribution in [-0.2, 0) is 14.3 Å². The van der Waals surface area contributed by atoms with Gasteiger partial charge in [-0.25, -0.2) is 4.79 Å². The molecule has 28 heavy (non-hydrogen) atoms. The first-order chi connectivity index (χ1) is 13.3. The zero-order valence-electron chi connectivity index (χ0n) is 15.7. The molecule has 0 aliphatic carbocycles. The molecule has 148 valence electrons. The Bertz CT molecular complexity index is 857. The minimum atomic E-state index is -1.07. The van der Waals surface area contributed by atoms with E-state index >= 15 is 0 Å². The molecule has 7 nitrogen and oxygen atoms in total. The summed E-state index contributed by atoms with van der Waals surface area (Å²) < 4.78 is 10.2. The highest BCUT2D eigenvalue weighted by atomic mass is 35.5. The number of benzene rings is 2. The SMILES string of the molecule is COc1ccc(NC(=O)[C@@H](C)OC(=O)[C@H](C)NC(=O)c2ccccc2)cc1Cl. The smallest absolute Gasteiger partial charge is 0.329 e. The van der Waals surface area contributed by atoms with Crippen LogP contribution in [0.3, 0.4) is 0 Å². The van der Waals surface area contributed by atoms with Crippen molar-refractivity contribution in [1.82, 2.24) is 5.32 Å². The van der Waals surface area contributed by atoms with Gasteiger partial charge in [-0.3, -0.25) is 9.59 Å². The van der Waals surface area contributed by atoms with Crippen LogP contribution in [0.2, 0.25) is 5.02 Å². The van der Waals surface area contributed by atoms with Gasteiger partial charge in [-0.2, -0.15) is 0 Å². The average molecular weight is 405 g/mol. The van der Waals surface area contributed by atoms with Crippen molar-refractivity contribution in [2.45, 2.75) is 26.0 Å². The van der Waals surface area contributed by atoms with Crippen LogP contribution in [0.5, 0.6) is 5.75 Å². The summed E-state index contributed by atoms with van der Waals surface area (Å²) in [4.78, 5) is 36.5. The van der Waals surface area contributed by atoms with Gasteiger partial charge in [0, 0.05) is 11.3 Å². The lowest BCUT2D eigenvalue weighted by Gasteiger charge is -2.18. The number of anilines is 1. The van der Waals surface area contributed by atoms with E-state index in [1.165, 1.54) is 27.0 Å². The second kappa shape index (κ2) is 9.75. The van der Waals surface area contributed by atoms with Crippen LogP contribution in [-0.4, -0.2) is 37.0 Å². The standard InChI is InChI=1S/C20H21ClN2O5/c1-12(22-19(25)14-7-5-4-6-8-14)20(26)28-13(2)18(24)23-15-9-10-17(27-3)16(21)11-15/h4-13H,1-3H3,(H,22,25)(H,23,24)/t12-,13+/m0/s1. The van der Waals surface area contributed by atoms with Gasteiger partial charge in [0.15, 0.2) is 6.10 Å². The Kier molecular flexibility index (Phi) is 7.40. The lowest BCUT2D eigenvalue weighted by atomic mass is 10.2. The molecule has 0 radical (unpaired) electrons. The van der Waals surface area contributed by atoms with Gasteiger partial charge in [0.2, 0.25) is 0 Å². The largest absolute Gasteiger partial charge is 0.495 e. The highest BCUT2D eigenvalue weighted by molar-refractivity contribution is 6.32. The van der Waals surface area contributed by atoms with Crippen molar-refractivity contribution < 1.29 is 23.9 Å². The molecule has 0 saturated carbocycles. The topological polar surface area (TPSA) is 93.7 Å². The fraction of sp³-hybridized carbons (Fsp3) is 0.250. The number of hydrogen-bond acceptors (Lipinski definition) is 5. The highest BCUT2D eigenvalue weighted by Crippen LogP contribution is 2.27. The number of ether oxygens (including phenoxy) is 2. The van der Waals surface area contributed by atoms with Crippen molar-refractivity contribution in [3.8, 4) is 5.75 Å². The summed E-state index contributed by atoms with van der Waals surface area (Å²) in [5.41, 5.74) is 0.855. The van der Waals surface area contributed by atoms with E-state index in [-0.39, 0.29) is 0 Å². The number of nitrogens with one attached hydrogen (secondary N) is 2. The maximum absolute atomic E-state index is 12.2. The fourth-order valence-electron chi connectivity index (χ4n) is 2.25. The molecule has 2 amide bonds. The summed E-state index contributed by atoms with van der Waals surface area (Å²) in [5.74, 6) is -1.19. The molecule has 0 heterocycles. The number of halogens is 1. The Morgan fingerprint density at radius 2 is 1.71 bits per heavy atom. The van der Waals surface area contributed by atoms with Gasteiger partial charge in [-0.05, 0) is 44.2 Å². The molecule has 0 unspecified atom stereocenters. The van der Waals surface area contributed by atoms with Crippen molar-refractivity contribution in [3.63, 3.8) is 0 Å². The molecule has 2 N–H and O–H groups in total. The van der Waals surface area contributed by atoms with Crippen LogP contribution in [0.25, 0.3) is 0 Å². The Hall–Kier alpha value is -3.06. The van der Waals surface area contributed by atoms with Gasteiger partial charge in [0.25, 0.3) is 11.8 Å². The zero-order valence-corrected chi connectivity index (χ0v) is 16.4. The molecule has 2 aromatic carbocycles. The summed E-state index contributed by atoms with van der Waals surface area (Å²) in [7, 11) is 1.48. The molecule has 0 aliphatic rings. The lowest BCUT2D eigenvalue weighted by molar-refractivity contribution is -0.154. The van der Waals surface area contributed by atoms with Gasteiger partial charge in [0.1, 0.15) is 11.8 Å². The Balaban J connectivity index is 1.89. The van der Waals surface area contributed by atoms with Crippen molar-refractivity contribution in [3.05, 3.63) is 59.1 Å². The molecule has 2 rings (SSSR count). The Labute approximate surface area is 168 Å². The summed E-state index contributed by atoms with van der Waals surface area (Å²) in [5, 5.41) is 5.47. The summed E-state index contributed by atoms with van der Waals surface area (Å²) in [6.45, 7) is 2.92. The van der Waals surface area contributed by atoms with Crippen LogP contribution in [0.4, 0.5) is 5.69 Å². The number of esters is 1. The number of rotatable bonds is 7. The third-order valence-electron chi connectivity index (χ3n) is 3.82. The van der Waals surface area contributed by atoms with E-state index in [0.717, 1.165) is 0 Å². The second-order valence-electron chi connectivity index (χ2n) is 5.98. The van der Waals surface area contributed by atoms with Crippen LogP contribution in [0.15, 0.2) is 48.5 Å². The molecule has 8 heteroatoms. The molecule has 0 saturated heterocycles. The average Bonchev–Trinajstić information content (AvgIpc) is 2.68. The molecule has 0 aromatic heterocycles. The van der Waals surface area contributed by atoms with Crippen LogP contribution >= 0.6 is 11.6 Å². The van der Waals surface area contributed by atoms with E-state index in [0.29, 0.717) is 22.0 Å². The van der Waals surface area contributed by atoms with Gasteiger partial charge in [-0.15, -0.1) is 0 Å². The summed E-state index contributed by atoms with van der Waals surface area (Å²) >= 11 is 6.02. The van der Waals surface area contributed by atoms with Crippen LogP contribution in [0, 0.1) is 0 Å². The number of carbonyl (C=O) groups is 3. The van der Waals surface area contributed by atoms with Crippen molar-refractivity contribution >= 4 is 35.1 Å². The third kappa shape index (κ3) is 5.72. The van der Waals surface area contributed by atoms with Gasteiger partial charge >= 0.3 is 5.97 Å². The van der Waals surface area contributed by atoms with Crippen LogP contribution < -0.4 is 15.4 Å². The Morgan fingerprint density at radius 3 is 2.32 bits per heavy atom. The molecule has 0 aliphatic heterocycles. The monoisotopic (exact) mass is 404 g/mol. The maximum atomic E-state index is 12.2.